The van der Waals surface area contributed by atoms with Gasteiger partial charge in [-0.25, -0.2) is 4.98 Å². The van der Waals surface area contributed by atoms with Crippen molar-refractivity contribution in [3.8, 4) is 0 Å². The Morgan fingerprint density at radius 2 is 1.80 bits per heavy atom. The van der Waals surface area contributed by atoms with Crippen molar-refractivity contribution < 1.29 is 4.79 Å². The largest absolute Gasteiger partial charge is 0.355 e. The maximum atomic E-state index is 13.0. The van der Waals surface area contributed by atoms with Crippen LogP contribution in [0.5, 0.6) is 0 Å². The van der Waals surface area contributed by atoms with Gasteiger partial charge < -0.3 is 19.8 Å². The van der Waals surface area contributed by atoms with E-state index in [0.29, 0.717) is 13.0 Å². The highest BCUT2D eigenvalue weighted by molar-refractivity contribution is 5.86. The van der Waals surface area contributed by atoms with Gasteiger partial charge in [0.15, 0.2) is 0 Å². The number of amides is 1. The van der Waals surface area contributed by atoms with E-state index in [-0.39, 0.29) is 11.8 Å². The van der Waals surface area contributed by atoms with Crippen LogP contribution in [0.15, 0.2) is 73.3 Å². The van der Waals surface area contributed by atoms with Crippen LogP contribution in [0.3, 0.4) is 0 Å². The molecule has 2 aromatic heterocycles. The lowest BCUT2D eigenvalue weighted by Gasteiger charge is -2.17. The summed E-state index contributed by atoms with van der Waals surface area (Å²) in [5.74, 6) is -0.00472. The number of aromatic nitrogens is 3. The van der Waals surface area contributed by atoms with Crippen molar-refractivity contribution in [2.75, 3.05) is 26.2 Å². The number of carbonyl (C=O) groups excluding carboxylic acids is 1. The molecule has 1 atom stereocenters. The van der Waals surface area contributed by atoms with Gasteiger partial charge in [0.25, 0.3) is 0 Å². The van der Waals surface area contributed by atoms with Crippen LogP contribution in [0.2, 0.25) is 0 Å². The molecule has 5 rings (SSSR count). The van der Waals surface area contributed by atoms with Crippen molar-refractivity contribution in [2.24, 2.45) is 0 Å². The third-order valence-electron chi connectivity index (χ3n) is 6.62. The summed E-state index contributed by atoms with van der Waals surface area (Å²) in [6.45, 7) is 8.71. The molecule has 0 aliphatic carbocycles. The van der Waals surface area contributed by atoms with Gasteiger partial charge in [0.2, 0.25) is 5.91 Å². The van der Waals surface area contributed by atoms with Gasteiger partial charge in [0, 0.05) is 61.0 Å². The highest BCUT2D eigenvalue weighted by Crippen LogP contribution is 2.34. The molecular formula is C29H37N5O. The molecular weight excluding hydrogens is 434 g/mol. The Morgan fingerprint density at radius 1 is 1.06 bits per heavy atom. The van der Waals surface area contributed by atoms with Gasteiger partial charge in [0.05, 0.1) is 6.33 Å². The van der Waals surface area contributed by atoms with Crippen LogP contribution in [0.25, 0.3) is 10.9 Å². The highest BCUT2D eigenvalue weighted by atomic mass is 16.1. The van der Waals surface area contributed by atoms with Gasteiger partial charge in [-0.1, -0.05) is 62.4 Å². The summed E-state index contributed by atoms with van der Waals surface area (Å²) in [4.78, 5) is 22.9. The Kier molecular flexibility index (Phi) is 8.74. The second-order valence-electron chi connectivity index (χ2n) is 8.88. The zero-order chi connectivity index (χ0) is 24.5. The van der Waals surface area contributed by atoms with Gasteiger partial charge in [-0.05, 0) is 43.1 Å². The monoisotopic (exact) mass is 471 g/mol. The second kappa shape index (κ2) is 12.4. The third kappa shape index (κ3) is 6.20. The number of benzene rings is 2. The summed E-state index contributed by atoms with van der Waals surface area (Å²) in [6, 6.07) is 18.9. The van der Waals surface area contributed by atoms with Crippen molar-refractivity contribution in [1.82, 2.24) is 24.8 Å². The summed E-state index contributed by atoms with van der Waals surface area (Å²) >= 11 is 0. The molecule has 1 aliphatic rings. The van der Waals surface area contributed by atoms with E-state index in [0.717, 1.165) is 37.4 Å². The lowest BCUT2D eigenvalue weighted by molar-refractivity contribution is -0.121. The first-order valence-electron chi connectivity index (χ1n) is 12.9. The maximum Gasteiger partial charge on any atom is 0.221 e. The molecule has 1 unspecified atom stereocenters. The number of imidazole rings is 1. The summed E-state index contributed by atoms with van der Waals surface area (Å²) in [5.41, 5.74) is 4.55. The standard InChI is InChI=1S/C27H31N5O.C2H6/c33-27(29-12-15-31-13-6-7-14-31)16-23(25-17-28-20-30-25)24-19-32(18-21-8-2-1-3-9-21)26-11-5-4-10-22(24)26;1-2/h1-5,8-11,17,19-20,23H,6-7,12-16,18H2,(H,28,30)(H,29,33);1-2H3. The van der Waals surface area contributed by atoms with E-state index < -0.39 is 0 Å². The number of hydrogen-bond acceptors (Lipinski definition) is 3. The Morgan fingerprint density at radius 3 is 2.54 bits per heavy atom. The van der Waals surface area contributed by atoms with Gasteiger partial charge in [-0.15, -0.1) is 0 Å². The van der Waals surface area contributed by atoms with Gasteiger partial charge in [-0.2, -0.15) is 0 Å². The second-order valence-corrected chi connectivity index (χ2v) is 8.88. The molecule has 2 aromatic carbocycles. The Labute approximate surface area is 208 Å². The van der Waals surface area contributed by atoms with Gasteiger partial charge >= 0.3 is 0 Å². The fraction of sp³-hybridized carbons (Fsp3) is 0.379. The predicted molar refractivity (Wildman–Crippen MR) is 143 cm³/mol. The molecule has 1 aliphatic heterocycles. The third-order valence-corrected chi connectivity index (χ3v) is 6.62. The predicted octanol–water partition coefficient (Wildman–Crippen LogP) is 5.17. The molecule has 0 saturated carbocycles. The lowest BCUT2D eigenvalue weighted by atomic mass is 9.92. The van der Waals surface area contributed by atoms with E-state index in [1.807, 2.05) is 26.1 Å². The van der Waals surface area contributed by atoms with E-state index in [1.165, 1.54) is 29.3 Å². The zero-order valence-electron chi connectivity index (χ0n) is 20.9. The normalized spacial score (nSPS) is 14.5. The van der Waals surface area contributed by atoms with Crippen molar-refractivity contribution in [2.45, 2.75) is 45.6 Å². The molecule has 3 heterocycles. The van der Waals surface area contributed by atoms with Crippen LogP contribution in [-0.4, -0.2) is 51.5 Å². The van der Waals surface area contributed by atoms with E-state index in [2.05, 4.69) is 79.5 Å². The number of para-hydroxylation sites is 1. The summed E-state index contributed by atoms with van der Waals surface area (Å²) in [5, 5.41) is 4.32. The van der Waals surface area contributed by atoms with Crippen molar-refractivity contribution in [3.05, 3.63) is 90.1 Å². The van der Waals surface area contributed by atoms with Crippen LogP contribution >= 0.6 is 0 Å². The number of hydrogen-bond donors (Lipinski definition) is 2. The first kappa shape index (κ1) is 24.7. The van der Waals surface area contributed by atoms with E-state index in [4.69, 9.17) is 0 Å². The lowest BCUT2D eigenvalue weighted by Crippen LogP contribution is -2.34. The topological polar surface area (TPSA) is 66.0 Å². The summed E-state index contributed by atoms with van der Waals surface area (Å²) < 4.78 is 2.29. The van der Waals surface area contributed by atoms with Crippen LogP contribution in [0, 0.1) is 0 Å². The molecule has 0 radical (unpaired) electrons. The number of H-pyrrole nitrogens is 1. The highest BCUT2D eigenvalue weighted by Gasteiger charge is 2.24. The fourth-order valence-corrected chi connectivity index (χ4v) is 4.93. The summed E-state index contributed by atoms with van der Waals surface area (Å²) in [7, 11) is 0. The number of rotatable bonds is 9. The van der Waals surface area contributed by atoms with Crippen molar-refractivity contribution in [3.63, 3.8) is 0 Å². The van der Waals surface area contributed by atoms with Crippen LogP contribution in [-0.2, 0) is 11.3 Å². The first-order valence-corrected chi connectivity index (χ1v) is 12.9. The maximum absolute atomic E-state index is 13.0. The van der Waals surface area contributed by atoms with Crippen molar-refractivity contribution >= 4 is 16.8 Å². The van der Waals surface area contributed by atoms with Crippen LogP contribution in [0.4, 0.5) is 0 Å². The van der Waals surface area contributed by atoms with Crippen LogP contribution in [0.1, 0.15) is 55.8 Å². The minimum absolute atomic E-state index is 0.0775. The molecule has 1 amide bonds. The minimum Gasteiger partial charge on any atom is -0.355 e. The minimum atomic E-state index is -0.0822. The molecule has 0 spiro atoms. The first-order chi connectivity index (χ1) is 17.3. The molecule has 1 fully saturated rings. The van der Waals surface area contributed by atoms with E-state index in [9.17, 15) is 4.79 Å². The molecule has 4 aromatic rings. The van der Waals surface area contributed by atoms with Crippen molar-refractivity contribution in [1.29, 1.82) is 0 Å². The number of fused-ring (bicyclic) bond motifs is 1. The number of aromatic amines is 1. The van der Waals surface area contributed by atoms with Gasteiger partial charge in [-0.3, -0.25) is 4.79 Å². The quantitative estimate of drug-likeness (QED) is 0.354. The molecule has 6 nitrogen and oxygen atoms in total. The average Bonchev–Trinajstić information content (AvgIpc) is 3.67. The van der Waals surface area contributed by atoms with Gasteiger partial charge in [0.1, 0.15) is 0 Å². The number of nitrogens with one attached hydrogen (secondary N) is 2. The summed E-state index contributed by atoms with van der Waals surface area (Å²) in [6.07, 6.45) is 8.66. The zero-order valence-corrected chi connectivity index (χ0v) is 20.9. The van der Waals surface area contributed by atoms with Crippen LogP contribution < -0.4 is 5.32 Å². The number of likely N-dealkylation sites (tertiary alicyclic amines) is 1. The SMILES string of the molecule is CC.O=C(CC(c1cnc[nH]1)c1cn(Cc2ccccc2)c2ccccc12)NCCN1CCCC1. The average molecular weight is 472 g/mol. The number of carbonyl (C=O) groups is 1. The van der Waals surface area contributed by atoms with E-state index in [1.54, 1.807) is 6.33 Å². The molecule has 1 saturated heterocycles. The molecule has 0 bridgehead atoms. The molecule has 184 valence electrons. The molecule has 35 heavy (non-hydrogen) atoms. The molecule has 2 N–H and O–H groups in total. The Balaban J connectivity index is 0.00000141. The Bertz CT molecular complexity index is 1180. The Hall–Kier alpha value is -3.38. The molecule has 6 heteroatoms. The fourth-order valence-electron chi connectivity index (χ4n) is 4.93. The van der Waals surface area contributed by atoms with E-state index >= 15 is 0 Å². The smallest absolute Gasteiger partial charge is 0.221 e. The number of nitrogens with zero attached hydrogens (tertiary/aromatic N) is 3.